The van der Waals surface area contributed by atoms with Crippen molar-refractivity contribution in [3.05, 3.63) is 29.8 Å². The van der Waals surface area contributed by atoms with Gasteiger partial charge in [0.15, 0.2) is 0 Å². The van der Waals surface area contributed by atoms with Gasteiger partial charge < -0.3 is 10.1 Å². The molecule has 6 heteroatoms. The molecule has 20 heavy (non-hydrogen) atoms. The summed E-state index contributed by atoms with van der Waals surface area (Å²) in [5.74, 6) is 2.26. The molecule has 3 amide bonds. The highest BCUT2D eigenvalue weighted by Crippen LogP contribution is 2.13. The molecule has 0 saturated carbocycles. The highest BCUT2D eigenvalue weighted by atomic mass is 32.2. The Morgan fingerprint density at radius 3 is 2.50 bits per heavy atom. The van der Waals surface area contributed by atoms with Gasteiger partial charge in [0.25, 0.3) is 0 Å². The second kappa shape index (κ2) is 9.25. The Balaban J connectivity index is 2.12. The van der Waals surface area contributed by atoms with Crippen LogP contribution >= 0.6 is 11.8 Å². The number of amides is 3. The zero-order valence-corrected chi connectivity index (χ0v) is 12.6. The maximum Gasteiger partial charge on any atom is 0.321 e. The lowest BCUT2D eigenvalue weighted by Crippen LogP contribution is -2.37. The quantitative estimate of drug-likeness (QED) is 0.753. The van der Waals surface area contributed by atoms with Gasteiger partial charge in [-0.15, -0.1) is 0 Å². The van der Waals surface area contributed by atoms with Crippen LogP contribution < -0.4 is 15.4 Å². The third kappa shape index (κ3) is 6.47. The largest absolute Gasteiger partial charge is 0.497 e. The molecule has 1 aromatic rings. The van der Waals surface area contributed by atoms with Crippen LogP contribution in [0.5, 0.6) is 5.75 Å². The fraction of sp³-hybridized carbons (Fsp3) is 0.429. The summed E-state index contributed by atoms with van der Waals surface area (Å²) in [6.45, 7) is 0. The number of nitrogens with one attached hydrogen (secondary N) is 2. The molecule has 0 atom stereocenters. The van der Waals surface area contributed by atoms with E-state index in [1.807, 2.05) is 24.3 Å². The standard InChI is InChI=1S/C14H20N2O3S/c1-15-14(18)16-13(17)8-10-20-9-7-11-3-5-12(19-2)6-4-11/h3-6H,7-10H2,1-2H3,(H2,15,16,17,18). The Bertz CT molecular complexity index is 435. The number of imide groups is 1. The van der Waals surface area contributed by atoms with E-state index in [2.05, 4.69) is 10.6 Å². The van der Waals surface area contributed by atoms with Crippen molar-refractivity contribution >= 4 is 23.7 Å². The van der Waals surface area contributed by atoms with E-state index in [0.717, 1.165) is 17.9 Å². The van der Waals surface area contributed by atoms with Crippen molar-refractivity contribution < 1.29 is 14.3 Å². The van der Waals surface area contributed by atoms with Crippen LogP contribution in [0.1, 0.15) is 12.0 Å². The average molecular weight is 296 g/mol. The smallest absolute Gasteiger partial charge is 0.321 e. The van der Waals surface area contributed by atoms with Crippen LogP contribution in [0.15, 0.2) is 24.3 Å². The van der Waals surface area contributed by atoms with Gasteiger partial charge in [0.2, 0.25) is 5.91 Å². The Kier molecular flexibility index (Phi) is 7.57. The number of carbonyl (C=O) groups is 2. The van der Waals surface area contributed by atoms with Crippen molar-refractivity contribution in [3.63, 3.8) is 0 Å². The van der Waals surface area contributed by atoms with Crippen LogP contribution in [-0.4, -0.2) is 37.6 Å². The zero-order chi connectivity index (χ0) is 14.8. The molecule has 0 unspecified atom stereocenters. The van der Waals surface area contributed by atoms with Gasteiger partial charge in [-0.2, -0.15) is 11.8 Å². The molecule has 5 nitrogen and oxygen atoms in total. The van der Waals surface area contributed by atoms with E-state index in [4.69, 9.17) is 4.74 Å². The van der Waals surface area contributed by atoms with Gasteiger partial charge in [-0.3, -0.25) is 10.1 Å². The van der Waals surface area contributed by atoms with E-state index in [9.17, 15) is 9.59 Å². The maximum atomic E-state index is 11.3. The summed E-state index contributed by atoms with van der Waals surface area (Å²) >= 11 is 1.70. The number of benzene rings is 1. The van der Waals surface area contributed by atoms with E-state index < -0.39 is 6.03 Å². The Morgan fingerprint density at radius 2 is 1.90 bits per heavy atom. The minimum atomic E-state index is -0.460. The number of thioether (sulfide) groups is 1. The van der Waals surface area contributed by atoms with E-state index in [1.54, 1.807) is 18.9 Å². The molecule has 0 heterocycles. The first-order chi connectivity index (χ1) is 9.65. The van der Waals surface area contributed by atoms with Gasteiger partial charge in [0.1, 0.15) is 5.75 Å². The van der Waals surface area contributed by atoms with Crippen LogP contribution in [-0.2, 0) is 11.2 Å². The number of aryl methyl sites for hydroxylation is 1. The van der Waals surface area contributed by atoms with Crippen LogP contribution in [0.4, 0.5) is 4.79 Å². The molecular weight excluding hydrogens is 276 g/mol. The summed E-state index contributed by atoms with van der Waals surface area (Å²) in [6, 6.07) is 7.50. The van der Waals surface area contributed by atoms with Gasteiger partial charge >= 0.3 is 6.03 Å². The SMILES string of the molecule is CNC(=O)NC(=O)CCSCCc1ccc(OC)cc1. The second-order valence-electron chi connectivity index (χ2n) is 4.09. The van der Waals surface area contributed by atoms with Crippen molar-refractivity contribution in [1.82, 2.24) is 10.6 Å². The summed E-state index contributed by atoms with van der Waals surface area (Å²) in [5.41, 5.74) is 1.24. The van der Waals surface area contributed by atoms with Crippen molar-refractivity contribution in [1.29, 1.82) is 0 Å². The number of methoxy groups -OCH3 is 1. The van der Waals surface area contributed by atoms with Crippen LogP contribution in [0.3, 0.4) is 0 Å². The first-order valence-electron chi connectivity index (χ1n) is 6.38. The van der Waals surface area contributed by atoms with E-state index in [0.29, 0.717) is 12.2 Å². The van der Waals surface area contributed by atoms with Gasteiger partial charge in [0.05, 0.1) is 7.11 Å². The minimum absolute atomic E-state index is 0.249. The van der Waals surface area contributed by atoms with E-state index in [-0.39, 0.29) is 5.91 Å². The predicted octanol–water partition coefficient (Wildman–Crippen LogP) is 1.82. The van der Waals surface area contributed by atoms with Crippen molar-refractivity contribution in [3.8, 4) is 5.75 Å². The monoisotopic (exact) mass is 296 g/mol. The van der Waals surface area contributed by atoms with E-state index >= 15 is 0 Å². The van der Waals surface area contributed by atoms with Gasteiger partial charge in [0, 0.05) is 19.2 Å². The molecule has 0 bridgehead atoms. The number of ether oxygens (including phenoxy) is 1. The summed E-state index contributed by atoms with van der Waals surface area (Å²) < 4.78 is 5.10. The number of hydrogen-bond acceptors (Lipinski definition) is 4. The Hall–Kier alpha value is -1.69. The summed E-state index contributed by atoms with van der Waals surface area (Å²) in [7, 11) is 3.13. The second-order valence-corrected chi connectivity index (χ2v) is 5.31. The van der Waals surface area contributed by atoms with Gasteiger partial charge in [-0.1, -0.05) is 12.1 Å². The van der Waals surface area contributed by atoms with Crippen molar-refractivity contribution in [2.24, 2.45) is 0 Å². The average Bonchev–Trinajstić information content (AvgIpc) is 2.47. The number of carbonyl (C=O) groups excluding carboxylic acids is 2. The molecule has 0 spiro atoms. The fourth-order valence-electron chi connectivity index (χ4n) is 1.50. The van der Waals surface area contributed by atoms with Crippen LogP contribution in [0.25, 0.3) is 0 Å². The lowest BCUT2D eigenvalue weighted by Gasteiger charge is -2.04. The predicted molar refractivity (Wildman–Crippen MR) is 81.2 cm³/mol. The molecule has 0 saturated heterocycles. The molecular formula is C14H20N2O3S. The molecule has 1 rings (SSSR count). The molecule has 110 valence electrons. The minimum Gasteiger partial charge on any atom is -0.497 e. The zero-order valence-electron chi connectivity index (χ0n) is 11.8. The first-order valence-corrected chi connectivity index (χ1v) is 7.53. The highest BCUT2D eigenvalue weighted by molar-refractivity contribution is 7.99. The lowest BCUT2D eigenvalue weighted by atomic mass is 10.2. The third-order valence-electron chi connectivity index (χ3n) is 2.65. The number of hydrogen-bond donors (Lipinski definition) is 2. The molecule has 0 aliphatic rings. The van der Waals surface area contributed by atoms with Crippen LogP contribution in [0, 0.1) is 0 Å². The van der Waals surface area contributed by atoms with E-state index in [1.165, 1.54) is 12.6 Å². The lowest BCUT2D eigenvalue weighted by molar-refractivity contribution is -0.119. The summed E-state index contributed by atoms with van der Waals surface area (Å²) in [4.78, 5) is 22.2. The Labute approximate surface area is 123 Å². The van der Waals surface area contributed by atoms with Crippen LogP contribution in [0.2, 0.25) is 0 Å². The fourth-order valence-corrected chi connectivity index (χ4v) is 2.41. The number of urea groups is 1. The summed E-state index contributed by atoms with van der Waals surface area (Å²) in [6.07, 6.45) is 1.30. The van der Waals surface area contributed by atoms with Crippen molar-refractivity contribution in [2.75, 3.05) is 25.7 Å². The molecule has 1 aromatic carbocycles. The van der Waals surface area contributed by atoms with Gasteiger partial charge in [-0.05, 0) is 29.9 Å². The normalized spacial score (nSPS) is 9.90. The number of rotatable bonds is 7. The van der Waals surface area contributed by atoms with Gasteiger partial charge in [-0.25, -0.2) is 4.79 Å². The third-order valence-corrected chi connectivity index (χ3v) is 3.63. The van der Waals surface area contributed by atoms with Crippen molar-refractivity contribution in [2.45, 2.75) is 12.8 Å². The molecule has 0 aliphatic carbocycles. The highest BCUT2D eigenvalue weighted by Gasteiger charge is 2.05. The first kappa shape index (κ1) is 16.4. The Morgan fingerprint density at radius 1 is 1.20 bits per heavy atom. The molecule has 2 N–H and O–H groups in total. The molecule has 0 aromatic heterocycles. The summed E-state index contributed by atoms with van der Waals surface area (Å²) in [5, 5.41) is 4.58. The maximum absolute atomic E-state index is 11.3. The topological polar surface area (TPSA) is 67.4 Å². The molecule has 0 radical (unpaired) electrons. The molecule has 0 fully saturated rings. The molecule has 0 aliphatic heterocycles.